The van der Waals surface area contributed by atoms with Gasteiger partial charge in [-0.1, -0.05) is 0 Å². The van der Waals surface area contributed by atoms with Gasteiger partial charge in [-0.25, -0.2) is 13.1 Å². The molecular weight excluding hydrogens is 284 g/mol. The first-order valence-corrected chi connectivity index (χ1v) is 7.72. The van der Waals surface area contributed by atoms with E-state index in [2.05, 4.69) is 4.72 Å². The summed E-state index contributed by atoms with van der Waals surface area (Å²) in [6, 6.07) is 6.75. The van der Waals surface area contributed by atoms with E-state index in [1.165, 1.54) is 0 Å². The van der Waals surface area contributed by atoms with Crippen LogP contribution < -0.4 is 15.2 Å². The number of ether oxygens (including phenoxy) is 1. The summed E-state index contributed by atoms with van der Waals surface area (Å²) in [6.45, 7) is 0.307. The van der Waals surface area contributed by atoms with Gasteiger partial charge in [0, 0.05) is 18.7 Å². The molecule has 20 heavy (non-hydrogen) atoms. The molecule has 0 saturated heterocycles. The lowest BCUT2D eigenvalue weighted by Gasteiger charge is -2.08. The summed E-state index contributed by atoms with van der Waals surface area (Å²) in [5.41, 5.74) is 6.14. The van der Waals surface area contributed by atoms with Gasteiger partial charge in [-0.05, 0) is 30.7 Å². The van der Waals surface area contributed by atoms with E-state index >= 15 is 0 Å². The van der Waals surface area contributed by atoms with Gasteiger partial charge in [0.2, 0.25) is 10.0 Å². The molecule has 0 saturated carbocycles. The van der Waals surface area contributed by atoms with Crippen molar-refractivity contribution in [3.63, 3.8) is 0 Å². The van der Waals surface area contributed by atoms with Crippen molar-refractivity contribution in [3.05, 3.63) is 24.3 Å². The average Bonchev–Trinajstić information content (AvgIpc) is 2.36. The predicted octanol–water partition coefficient (Wildman–Crippen LogP) is 0.432. The van der Waals surface area contributed by atoms with Crippen molar-refractivity contribution in [3.8, 4) is 5.75 Å². The van der Waals surface area contributed by atoms with Crippen LogP contribution in [0.1, 0.15) is 12.8 Å². The second-order valence-electron chi connectivity index (χ2n) is 4.13. The second kappa shape index (κ2) is 7.71. The number of carboxylic acid groups (broad SMARTS) is 1. The first-order valence-electron chi connectivity index (χ1n) is 6.06. The summed E-state index contributed by atoms with van der Waals surface area (Å²) in [5, 5.41) is 8.43. The van der Waals surface area contributed by atoms with Crippen LogP contribution in [0, 0.1) is 0 Å². The van der Waals surface area contributed by atoms with E-state index in [1.54, 1.807) is 24.3 Å². The third-order valence-electron chi connectivity index (χ3n) is 2.38. The standard InChI is InChI=1S/C12H18N2O5S/c13-10-3-5-11(6-4-10)19-8-7-14-20(17,18)9-1-2-12(15)16/h3-6,14H,1-2,7-9,13H2,(H,15,16). The number of carbonyl (C=O) groups is 1. The maximum Gasteiger partial charge on any atom is 0.303 e. The molecule has 0 heterocycles. The first-order chi connectivity index (χ1) is 9.39. The Labute approximate surface area is 117 Å². The summed E-state index contributed by atoms with van der Waals surface area (Å²) in [5.74, 6) is -0.614. The molecule has 0 radical (unpaired) electrons. The van der Waals surface area contributed by atoms with Crippen molar-refractivity contribution in [2.45, 2.75) is 12.8 Å². The van der Waals surface area contributed by atoms with E-state index in [4.69, 9.17) is 15.6 Å². The lowest BCUT2D eigenvalue weighted by Crippen LogP contribution is -2.30. The van der Waals surface area contributed by atoms with Crippen molar-refractivity contribution < 1.29 is 23.1 Å². The number of aliphatic carboxylic acids is 1. The highest BCUT2D eigenvalue weighted by atomic mass is 32.2. The van der Waals surface area contributed by atoms with Gasteiger partial charge in [0.1, 0.15) is 12.4 Å². The minimum absolute atomic E-state index is 0.0868. The molecule has 0 spiro atoms. The fraction of sp³-hybridized carbons (Fsp3) is 0.417. The lowest BCUT2D eigenvalue weighted by molar-refractivity contribution is -0.137. The SMILES string of the molecule is Nc1ccc(OCCNS(=O)(=O)CCCC(=O)O)cc1. The highest BCUT2D eigenvalue weighted by molar-refractivity contribution is 7.89. The Bertz CT molecular complexity index is 527. The molecule has 0 aliphatic heterocycles. The molecule has 0 unspecified atom stereocenters. The van der Waals surface area contributed by atoms with Crippen molar-refractivity contribution in [2.24, 2.45) is 0 Å². The van der Waals surface area contributed by atoms with E-state index in [-0.39, 0.29) is 31.7 Å². The van der Waals surface area contributed by atoms with Gasteiger partial charge < -0.3 is 15.6 Å². The van der Waals surface area contributed by atoms with Crippen LogP contribution in [0.3, 0.4) is 0 Å². The van der Waals surface area contributed by atoms with E-state index < -0.39 is 16.0 Å². The molecule has 7 nitrogen and oxygen atoms in total. The minimum atomic E-state index is -3.45. The molecule has 0 fully saturated rings. The predicted molar refractivity (Wildman–Crippen MR) is 75.0 cm³/mol. The minimum Gasteiger partial charge on any atom is -0.492 e. The highest BCUT2D eigenvalue weighted by Crippen LogP contribution is 2.12. The third kappa shape index (κ3) is 6.95. The summed E-state index contributed by atoms with van der Waals surface area (Å²) >= 11 is 0. The number of anilines is 1. The molecule has 1 rings (SSSR count). The van der Waals surface area contributed by atoms with Crippen molar-refractivity contribution in [1.29, 1.82) is 0 Å². The van der Waals surface area contributed by atoms with E-state index in [0.29, 0.717) is 11.4 Å². The Hall–Kier alpha value is -1.80. The molecule has 8 heteroatoms. The van der Waals surface area contributed by atoms with E-state index in [1.807, 2.05) is 0 Å². The van der Waals surface area contributed by atoms with Crippen molar-refractivity contribution in [1.82, 2.24) is 4.72 Å². The smallest absolute Gasteiger partial charge is 0.303 e. The quantitative estimate of drug-likeness (QED) is 0.449. The molecule has 0 aliphatic carbocycles. The Morgan fingerprint density at radius 2 is 1.95 bits per heavy atom. The van der Waals surface area contributed by atoms with Crippen LogP contribution in [0.2, 0.25) is 0 Å². The topological polar surface area (TPSA) is 119 Å². The van der Waals surface area contributed by atoms with Gasteiger partial charge in [0.15, 0.2) is 0 Å². The van der Waals surface area contributed by atoms with Crippen LogP contribution in [0.4, 0.5) is 5.69 Å². The molecule has 0 aliphatic rings. The fourth-order valence-electron chi connectivity index (χ4n) is 1.42. The van der Waals surface area contributed by atoms with Gasteiger partial charge in [-0.15, -0.1) is 0 Å². The first kappa shape index (κ1) is 16.3. The summed E-state index contributed by atoms with van der Waals surface area (Å²) in [7, 11) is -3.45. The van der Waals surface area contributed by atoms with Crippen LogP contribution in [-0.2, 0) is 14.8 Å². The molecule has 0 atom stereocenters. The third-order valence-corrected chi connectivity index (χ3v) is 3.85. The number of hydrogen-bond acceptors (Lipinski definition) is 5. The van der Waals surface area contributed by atoms with Crippen molar-refractivity contribution >= 4 is 21.7 Å². The number of carboxylic acids is 1. The molecule has 0 aromatic heterocycles. The van der Waals surface area contributed by atoms with Crippen LogP contribution in [0.15, 0.2) is 24.3 Å². The second-order valence-corrected chi connectivity index (χ2v) is 6.05. The number of nitrogen functional groups attached to an aromatic ring is 1. The number of nitrogens with two attached hydrogens (primary N) is 1. The molecule has 4 N–H and O–H groups in total. The summed E-state index contributed by atoms with van der Waals surface area (Å²) < 4.78 is 30.7. The van der Waals surface area contributed by atoms with Gasteiger partial charge in [0.25, 0.3) is 0 Å². The van der Waals surface area contributed by atoms with Crippen LogP contribution in [-0.4, -0.2) is 38.4 Å². The zero-order valence-corrected chi connectivity index (χ0v) is 11.7. The number of sulfonamides is 1. The number of rotatable bonds is 9. The molecular formula is C12H18N2O5S. The number of benzene rings is 1. The Morgan fingerprint density at radius 3 is 2.55 bits per heavy atom. The Balaban J connectivity index is 2.22. The van der Waals surface area contributed by atoms with Gasteiger partial charge >= 0.3 is 5.97 Å². The zero-order chi connectivity index (χ0) is 15.0. The lowest BCUT2D eigenvalue weighted by atomic mass is 10.3. The molecule has 1 aromatic carbocycles. The fourth-order valence-corrected chi connectivity index (χ4v) is 2.48. The van der Waals surface area contributed by atoms with Gasteiger partial charge in [-0.2, -0.15) is 0 Å². The normalized spacial score (nSPS) is 11.2. The summed E-state index contributed by atoms with van der Waals surface area (Å²) in [6.07, 6.45) is -0.0771. The average molecular weight is 302 g/mol. The highest BCUT2D eigenvalue weighted by Gasteiger charge is 2.10. The van der Waals surface area contributed by atoms with Crippen LogP contribution in [0.25, 0.3) is 0 Å². The number of hydrogen-bond donors (Lipinski definition) is 3. The summed E-state index contributed by atoms with van der Waals surface area (Å²) in [4.78, 5) is 10.3. The molecule has 112 valence electrons. The maximum atomic E-state index is 11.5. The van der Waals surface area contributed by atoms with Gasteiger partial charge in [0.05, 0.1) is 5.75 Å². The van der Waals surface area contributed by atoms with Gasteiger partial charge in [-0.3, -0.25) is 4.79 Å². The molecule has 0 amide bonds. The Morgan fingerprint density at radius 1 is 1.30 bits per heavy atom. The zero-order valence-electron chi connectivity index (χ0n) is 10.9. The Kier molecular flexibility index (Phi) is 6.26. The van der Waals surface area contributed by atoms with Crippen LogP contribution in [0.5, 0.6) is 5.75 Å². The van der Waals surface area contributed by atoms with Crippen molar-refractivity contribution in [2.75, 3.05) is 24.6 Å². The maximum absolute atomic E-state index is 11.5. The largest absolute Gasteiger partial charge is 0.492 e. The molecule has 0 bridgehead atoms. The van der Waals surface area contributed by atoms with E-state index in [0.717, 1.165) is 0 Å². The number of nitrogens with one attached hydrogen (secondary N) is 1. The van der Waals surface area contributed by atoms with E-state index in [9.17, 15) is 13.2 Å². The monoisotopic (exact) mass is 302 g/mol. The molecule has 1 aromatic rings. The van der Waals surface area contributed by atoms with Crippen LogP contribution >= 0.6 is 0 Å².